The van der Waals surface area contributed by atoms with Crippen LogP contribution in [0.25, 0.3) is 6.08 Å². The summed E-state index contributed by atoms with van der Waals surface area (Å²) in [7, 11) is 0. The van der Waals surface area contributed by atoms with Crippen molar-refractivity contribution in [1.29, 1.82) is 0 Å². The molecule has 0 aliphatic carbocycles. The largest absolute Gasteiger partial charge is 0.861 e. The summed E-state index contributed by atoms with van der Waals surface area (Å²) in [5.41, 5.74) is 1.67. The topological polar surface area (TPSA) is 123 Å². The van der Waals surface area contributed by atoms with E-state index in [4.69, 9.17) is 9.26 Å². The Morgan fingerprint density at radius 1 is 1.20 bits per heavy atom. The van der Waals surface area contributed by atoms with Gasteiger partial charge in [-0.2, -0.15) is 0 Å². The van der Waals surface area contributed by atoms with Crippen LogP contribution in [0.5, 0.6) is 0 Å². The van der Waals surface area contributed by atoms with Crippen LogP contribution in [0.2, 0.25) is 0 Å². The number of nitrogens with zero attached hydrogens (tertiary/aromatic N) is 7. The predicted molar refractivity (Wildman–Crippen MR) is 129 cm³/mol. The van der Waals surface area contributed by atoms with E-state index in [0.29, 0.717) is 37.2 Å². The number of amidine groups is 1. The first kappa shape index (κ1) is 22.7. The van der Waals surface area contributed by atoms with Crippen LogP contribution in [-0.2, 0) is 9.53 Å². The molecule has 35 heavy (non-hydrogen) atoms. The lowest BCUT2D eigenvalue weighted by atomic mass is 10.2. The third kappa shape index (κ3) is 5.39. The lowest BCUT2D eigenvalue weighted by Crippen LogP contribution is -2.62. The number of aliphatic imine (C=N–C) groups is 2. The van der Waals surface area contributed by atoms with Crippen molar-refractivity contribution in [2.45, 2.75) is 0 Å². The summed E-state index contributed by atoms with van der Waals surface area (Å²) in [5.74, 6) is -0.654. The second-order valence-electron chi connectivity index (χ2n) is 7.51. The highest BCUT2D eigenvalue weighted by Crippen LogP contribution is 2.29. The van der Waals surface area contributed by atoms with Crippen LogP contribution in [0.4, 0.5) is 11.6 Å². The number of thioether (sulfide) groups is 1. The molecule has 0 radical (unpaired) electrons. The van der Waals surface area contributed by atoms with Crippen LogP contribution >= 0.6 is 11.8 Å². The molecular formula is C23H21N7O4S. The number of carbonyl (C=O) groups excluding carboxylic acids is 1. The van der Waals surface area contributed by atoms with Gasteiger partial charge in [-0.3, -0.25) is 19.2 Å². The molecule has 1 fully saturated rings. The summed E-state index contributed by atoms with van der Waals surface area (Å²) in [6, 6.07) is 12.8. The van der Waals surface area contributed by atoms with Crippen molar-refractivity contribution in [1.82, 2.24) is 10.3 Å². The van der Waals surface area contributed by atoms with E-state index in [2.05, 4.69) is 20.2 Å². The van der Waals surface area contributed by atoms with Gasteiger partial charge < -0.3 is 9.84 Å². The molecule has 1 amide bonds. The monoisotopic (exact) mass is 491 g/mol. The molecule has 0 atom stereocenters. The van der Waals surface area contributed by atoms with Gasteiger partial charge in [0.1, 0.15) is 5.70 Å². The van der Waals surface area contributed by atoms with Crippen molar-refractivity contribution >= 4 is 46.4 Å². The number of amides is 1. The smallest absolute Gasteiger partial charge is 0.324 e. The molecule has 5 rings (SSSR count). The Kier molecular flexibility index (Phi) is 6.82. The third-order valence-corrected chi connectivity index (χ3v) is 6.04. The van der Waals surface area contributed by atoms with Gasteiger partial charge >= 0.3 is 5.88 Å². The molecule has 0 spiro atoms. The lowest BCUT2D eigenvalue weighted by molar-refractivity contribution is -0.759. The molecular weight excluding hydrogens is 470 g/mol. The zero-order valence-electron chi connectivity index (χ0n) is 18.6. The molecule has 2 aliphatic heterocycles. The number of hydrogen-bond donors (Lipinski definition) is 0. The van der Waals surface area contributed by atoms with E-state index in [1.54, 1.807) is 30.7 Å². The average molecular weight is 492 g/mol. The first-order chi connectivity index (χ1) is 17.2. The van der Waals surface area contributed by atoms with Crippen LogP contribution in [0, 0.1) is 0 Å². The number of pyridine rings is 1. The summed E-state index contributed by atoms with van der Waals surface area (Å²) >= 11 is 1.13. The molecule has 11 nitrogen and oxygen atoms in total. The fraction of sp³-hybridized carbons (Fsp3) is 0.217. The molecule has 4 heterocycles. The number of hydrogen-bond acceptors (Lipinski definition) is 10. The minimum Gasteiger partial charge on any atom is -0.861 e. The number of carbonyl (C=O) groups is 1. The zero-order valence-corrected chi connectivity index (χ0v) is 19.4. The van der Waals surface area contributed by atoms with Gasteiger partial charge in [0, 0.05) is 18.1 Å². The van der Waals surface area contributed by atoms with Gasteiger partial charge in [0.05, 0.1) is 36.8 Å². The van der Waals surface area contributed by atoms with E-state index in [-0.39, 0.29) is 23.2 Å². The molecule has 2 aliphatic rings. The molecule has 12 heteroatoms. The molecule has 0 saturated carbocycles. The second kappa shape index (κ2) is 10.5. The van der Waals surface area contributed by atoms with Crippen LogP contribution < -0.4 is 19.8 Å². The fourth-order valence-corrected chi connectivity index (χ4v) is 4.27. The molecule has 0 unspecified atom stereocenters. The summed E-state index contributed by atoms with van der Waals surface area (Å²) < 4.78 is 10.5. The number of ether oxygens (including phenoxy) is 1. The molecule has 178 valence electrons. The number of aromatic nitrogens is 3. The van der Waals surface area contributed by atoms with Gasteiger partial charge in [-0.1, -0.05) is 36.0 Å². The normalized spacial score (nSPS) is 17.8. The van der Waals surface area contributed by atoms with Crippen molar-refractivity contribution in [3.05, 3.63) is 72.3 Å². The first-order valence-electron chi connectivity index (χ1n) is 10.9. The minimum atomic E-state index is -0.437. The molecule has 3 aromatic rings. The first-order valence-corrected chi connectivity index (χ1v) is 11.8. The van der Waals surface area contributed by atoms with Crippen molar-refractivity contribution in [2.24, 2.45) is 9.98 Å². The van der Waals surface area contributed by atoms with E-state index in [1.165, 1.54) is 9.69 Å². The van der Waals surface area contributed by atoms with Gasteiger partial charge in [0.25, 0.3) is 12.1 Å². The Labute approximate surface area is 205 Å². The highest BCUT2D eigenvalue weighted by atomic mass is 32.2. The van der Waals surface area contributed by atoms with E-state index in [0.717, 1.165) is 17.3 Å². The van der Waals surface area contributed by atoms with Crippen molar-refractivity contribution < 1.29 is 24.0 Å². The maximum Gasteiger partial charge on any atom is 0.324 e. The second-order valence-corrected chi connectivity index (χ2v) is 8.45. The van der Waals surface area contributed by atoms with Crippen LogP contribution in [-0.4, -0.2) is 59.3 Å². The Bertz CT molecular complexity index is 1270. The lowest BCUT2D eigenvalue weighted by Gasteiger charge is -2.18. The third-order valence-electron chi connectivity index (χ3n) is 5.11. The highest BCUT2D eigenvalue weighted by molar-refractivity contribution is 8.14. The van der Waals surface area contributed by atoms with E-state index in [1.807, 2.05) is 41.4 Å². The van der Waals surface area contributed by atoms with Crippen molar-refractivity contribution in [2.75, 3.05) is 42.0 Å². The number of anilines is 1. The summed E-state index contributed by atoms with van der Waals surface area (Å²) in [6.45, 7) is 2.52. The number of benzene rings is 1. The summed E-state index contributed by atoms with van der Waals surface area (Å²) in [6.07, 6.45) is 6.53. The van der Waals surface area contributed by atoms with Gasteiger partial charge in [0.2, 0.25) is 5.27 Å². The molecule has 0 N–H and O–H groups in total. The van der Waals surface area contributed by atoms with Gasteiger partial charge in [-0.05, 0) is 35.7 Å². The maximum absolute atomic E-state index is 13.2. The van der Waals surface area contributed by atoms with Crippen LogP contribution in [0.15, 0.2) is 81.3 Å². The predicted octanol–water partition coefficient (Wildman–Crippen LogP) is 0.893. The Morgan fingerprint density at radius 3 is 2.80 bits per heavy atom. The van der Waals surface area contributed by atoms with E-state index >= 15 is 0 Å². The number of rotatable bonds is 6. The minimum absolute atomic E-state index is 0.0339. The van der Waals surface area contributed by atoms with Gasteiger partial charge in [0.15, 0.2) is 5.17 Å². The fourth-order valence-electron chi connectivity index (χ4n) is 3.47. The average Bonchev–Trinajstić information content (AvgIpc) is 3.49. The van der Waals surface area contributed by atoms with Crippen LogP contribution in [0.1, 0.15) is 5.56 Å². The Morgan fingerprint density at radius 2 is 2.03 bits per heavy atom. The quantitative estimate of drug-likeness (QED) is 0.216. The van der Waals surface area contributed by atoms with Crippen LogP contribution in [0.3, 0.4) is 0 Å². The standard InChI is InChI=1S/C23H21N7O4S/c31-20(26-21-15-29(27-34-21)28-9-11-33-12-10-28)16-35-23-25-19(13-17-5-4-8-24-14-17)22(32)30(23)18-6-2-1-3-7-18/h1-8,13-15H,9-12,16H2/b19-13+. The molecule has 1 aromatic carbocycles. The van der Waals surface area contributed by atoms with Gasteiger partial charge in [-0.15, -0.1) is 5.01 Å². The van der Waals surface area contributed by atoms with Gasteiger partial charge in [-0.25, -0.2) is 9.98 Å². The maximum atomic E-state index is 13.2. The summed E-state index contributed by atoms with van der Waals surface area (Å²) in [5, 5.41) is 18.8. The number of morpholine rings is 1. The SMILES string of the molecule is O=C1/C(=C\c2cccnc2)N=C(SC/C([O-])=N/c2c[n+](N3CCOCC3)no2)N1c1ccccc1. The number of para-hydroxylation sites is 1. The van der Waals surface area contributed by atoms with Crippen molar-refractivity contribution in [3.8, 4) is 0 Å². The molecule has 2 aromatic heterocycles. The zero-order chi connectivity index (χ0) is 24.0. The summed E-state index contributed by atoms with van der Waals surface area (Å²) in [4.78, 5) is 28.7. The van der Waals surface area contributed by atoms with E-state index in [9.17, 15) is 9.90 Å². The van der Waals surface area contributed by atoms with Crippen molar-refractivity contribution in [3.63, 3.8) is 0 Å². The Balaban J connectivity index is 1.33. The molecule has 1 saturated heterocycles. The van der Waals surface area contributed by atoms with E-state index < -0.39 is 5.90 Å². The highest BCUT2D eigenvalue weighted by Gasteiger charge is 2.32. The Hall–Kier alpha value is -4.03. The molecule has 0 bridgehead atoms.